The van der Waals surface area contributed by atoms with Crippen LogP contribution in [0.3, 0.4) is 0 Å². The Bertz CT molecular complexity index is 659. The molecule has 0 bridgehead atoms. The van der Waals surface area contributed by atoms with Crippen LogP contribution < -0.4 is 0 Å². The molecule has 102 valence electrons. The van der Waals surface area contributed by atoms with E-state index in [1.165, 1.54) is 6.07 Å². The zero-order valence-corrected chi connectivity index (χ0v) is 10.4. The van der Waals surface area contributed by atoms with Crippen LogP contribution in [-0.4, -0.2) is 12.0 Å². The first-order valence-corrected chi connectivity index (χ1v) is 6.26. The number of carbonyl (C=O) groups is 1. The predicted molar refractivity (Wildman–Crippen MR) is 69.5 cm³/mol. The smallest absolute Gasteiger partial charge is 0.293 e. The summed E-state index contributed by atoms with van der Waals surface area (Å²) >= 11 is 0. The second kappa shape index (κ2) is 4.47. The van der Waals surface area contributed by atoms with E-state index in [1.807, 2.05) is 30.3 Å². The van der Waals surface area contributed by atoms with E-state index in [4.69, 9.17) is 0 Å². The SMILES string of the molecule is O=C1c2cccc(-c3ccccc3)c2CC1C(F)(F)F. The maximum absolute atomic E-state index is 12.9. The van der Waals surface area contributed by atoms with Gasteiger partial charge in [-0.25, -0.2) is 0 Å². The third-order valence-electron chi connectivity index (χ3n) is 3.65. The first-order valence-electron chi connectivity index (χ1n) is 6.26. The highest BCUT2D eigenvalue weighted by Crippen LogP contribution is 2.41. The van der Waals surface area contributed by atoms with Crippen LogP contribution >= 0.6 is 0 Å². The molecule has 0 saturated carbocycles. The normalized spacial score (nSPS) is 18.1. The molecule has 4 heteroatoms. The van der Waals surface area contributed by atoms with E-state index in [1.54, 1.807) is 12.1 Å². The van der Waals surface area contributed by atoms with Crippen LogP contribution in [0.5, 0.6) is 0 Å². The summed E-state index contributed by atoms with van der Waals surface area (Å²) in [6.07, 6.45) is -4.74. The van der Waals surface area contributed by atoms with Crippen LogP contribution in [0.4, 0.5) is 13.2 Å². The molecule has 1 nitrogen and oxygen atoms in total. The summed E-state index contributed by atoms with van der Waals surface area (Å²) < 4.78 is 38.7. The minimum Gasteiger partial charge on any atom is -0.293 e. The Balaban J connectivity index is 2.11. The second-order valence-corrected chi connectivity index (χ2v) is 4.86. The molecule has 0 saturated heterocycles. The third-order valence-corrected chi connectivity index (χ3v) is 3.65. The van der Waals surface area contributed by atoms with E-state index in [-0.39, 0.29) is 12.0 Å². The van der Waals surface area contributed by atoms with Gasteiger partial charge in [0.05, 0.1) is 0 Å². The van der Waals surface area contributed by atoms with Crippen molar-refractivity contribution in [1.29, 1.82) is 0 Å². The molecule has 1 aliphatic carbocycles. The fourth-order valence-corrected chi connectivity index (χ4v) is 2.67. The molecule has 0 amide bonds. The van der Waals surface area contributed by atoms with E-state index in [2.05, 4.69) is 0 Å². The van der Waals surface area contributed by atoms with Crippen molar-refractivity contribution < 1.29 is 18.0 Å². The maximum Gasteiger partial charge on any atom is 0.399 e. The van der Waals surface area contributed by atoms with Gasteiger partial charge < -0.3 is 0 Å². The molecule has 0 N–H and O–H groups in total. The lowest BCUT2D eigenvalue weighted by Crippen LogP contribution is -2.27. The van der Waals surface area contributed by atoms with E-state index in [0.29, 0.717) is 11.1 Å². The van der Waals surface area contributed by atoms with Crippen LogP contribution in [0, 0.1) is 5.92 Å². The van der Waals surface area contributed by atoms with Crippen LogP contribution in [0.1, 0.15) is 15.9 Å². The maximum atomic E-state index is 12.9. The molecule has 2 aromatic carbocycles. The van der Waals surface area contributed by atoms with Crippen molar-refractivity contribution in [1.82, 2.24) is 0 Å². The summed E-state index contributed by atoms with van der Waals surface area (Å²) in [5.74, 6) is -2.72. The number of Topliss-reactive ketones (excluding diaryl/α,β-unsaturated/α-hetero) is 1. The van der Waals surface area contributed by atoms with Gasteiger partial charge in [0.25, 0.3) is 0 Å². The van der Waals surface area contributed by atoms with Crippen LogP contribution in [0.15, 0.2) is 48.5 Å². The molecule has 1 unspecified atom stereocenters. The highest BCUT2D eigenvalue weighted by Gasteiger charge is 2.49. The van der Waals surface area contributed by atoms with Gasteiger partial charge in [0.2, 0.25) is 0 Å². The number of carbonyl (C=O) groups excluding carboxylic acids is 1. The minimum atomic E-state index is -4.48. The van der Waals surface area contributed by atoms with Crippen molar-refractivity contribution in [2.75, 3.05) is 0 Å². The first kappa shape index (κ1) is 12.9. The molecule has 0 aliphatic heterocycles. The molecule has 20 heavy (non-hydrogen) atoms. The third kappa shape index (κ3) is 2.01. The van der Waals surface area contributed by atoms with Crippen LogP contribution in [0.25, 0.3) is 11.1 Å². The molecule has 2 aromatic rings. The Morgan fingerprint density at radius 3 is 2.20 bits per heavy atom. The van der Waals surface area contributed by atoms with Gasteiger partial charge in [-0.2, -0.15) is 13.2 Å². The second-order valence-electron chi connectivity index (χ2n) is 4.86. The molecule has 1 aliphatic rings. The molecule has 1 atom stereocenters. The first-order chi connectivity index (χ1) is 9.48. The van der Waals surface area contributed by atoms with Crippen molar-refractivity contribution in [3.8, 4) is 11.1 Å². The zero-order valence-electron chi connectivity index (χ0n) is 10.4. The summed E-state index contributed by atoms with van der Waals surface area (Å²) in [6.45, 7) is 0. The summed E-state index contributed by atoms with van der Waals surface area (Å²) in [6, 6.07) is 14.0. The highest BCUT2D eigenvalue weighted by molar-refractivity contribution is 6.04. The molecule has 0 spiro atoms. The van der Waals surface area contributed by atoms with Crippen molar-refractivity contribution in [3.63, 3.8) is 0 Å². The number of rotatable bonds is 1. The molecule has 0 aromatic heterocycles. The van der Waals surface area contributed by atoms with Gasteiger partial charge in [-0.15, -0.1) is 0 Å². The van der Waals surface area contributed by atoms with Crippen molar-refractivity contribution in [3.05, 3.63) is 59.7 Å². The Labute approximate surface area is 114 Å². The van der Waals surface area contributed by atoms with Gasteiger partial charge in [0, 0.05) is 5.56 Å². The number of ketones is 1. The Kier molecular flexibility index (Phi) is 2.89. The van der Waals surface area contributed by atoms with Crippen molar-refractivity contribution in [2.45, 2.75) is 12.6 Å². The highest BCUT2D eigenvalue weighted by atomic mass is 19.4. The fraction of sp³-hybridized carbons (Fsp3) is 0.188. The minimum absolute atomic E-state index is 0.202. The van der Waals surface area contributed by atoms with Gasteiger partial charge in [0.1, 0.15) is 5.92 Å². The van der Waals surface area contributed by atoms with Gasteiger partial charge >= 0.3 is 6.18 Å². The fourth-order valence-electron chi connectivity index (χ4n) is 2.67. The molecule has 0 radical (unpaired) electrons. The number of alkyl halides is 3. The topological polar surface area (TPSA) is 17.1 Å². The zero-order chi connectivity index (χ0) is 14.3. The average molecular weight is 276 g/mol. The number of benzene rings is 2. The molecule has 3 rings (SSSR count). The number of hydrogen-bond donors (Lipinski definition) is 0. The lowest BCUT2D eigenvalue weighted by atomic mass is 9.96. The summed E-state index contributed by atoms with van der Waals surface area (Å²) in [7, 11) is 0. The predicted octanol–water partition coefficient (Wildman–Crippen LogP) is 4.27. The summed E-state index contributed by atoms with van der Waals surface area (Å²) in [4.78, 5) is 11.9. The average Bonchev–Trinajstić information content (AvgIpc) is 2.77. The number of hydrogen-bond acceptors (Lipinski definition) is 1. The quantitative estimate of drug-likeness (QED) is 0.760. The Hall–Kier alpha value is -2.10. The van der Waals surface area contributed by atoms with Crippen molar-refractivity contribution >= 4 is 5.78 Å². The largest absolute Gasteiger partial charge is 0.399 e. The number of halogens is 3. The Morgan fingerprint density at radius 1 is 0.900 bits per heavy atom. The van der Waals surface area contributed by atoms with Gasteiger partial charge in [0.15, 0.2) is 5.78 Å². The summed E-state index contributed by atoms with van der Waals surface area (Å²) in [5.41, 5.74) is 2.25. The Morgan fingerprint density at radius 2 is 1.55 bits per heavy atom. The van der Waals surface area contributed by atoms with Gasteiger partial charge in [-0.3, -0.25) is 4.79 Å². The molecule has 0 fully saturated rings. The lowest BCUT2D eigenvalue weighted by molar-refractivity contribution is -0.158. The molecular formula is C16H11F3O. The van der Waals surface area contributed by atoms with Crippen molar-refractivity contribution in [2.24, 2.45) is 5.92 Å². The van der Waals surface area contributed by atoms with Gasteiger partial charge in [-0.1, -0.05) is 48.5 Å². The summed E-state index contributed by atoms with van der Waals surface area (Å²) in [5, 5.41) is 0. The van der Waals surface area contributed by atoms with E-state index in [0.717, 1.165) is 5.56 Å². The van der Waals surface area contributed by atoms with E-state index >= 15 is 0 Å². The molecule has 0 heterocycles. The number of fused-ring (bicyclic) bond motifs is 1. The molecular weight excluding hydrogens is 265 g/mol. The van der Waals surface area contributed by atoms with E-state index in [9.17, 15) is 18.0 Å². The standard InChI is InChI=1S/C16H11F3O/c17-16(18,19)14-9-13-11(10-5-2-1-3-6-10)7-4-8-12(13)15(14)20/h1-8,14H,9H2. The van der Waals surface area contributed by atoms with Crippen LogP contribution in [0.2, 0.25) is 0 Å². The monoisotopic (exact) mass is 276 g/mol. The van der Waals surface area contributed by atoms with Gasteiger partial charge in [-0.05, 0) is 23.1 Å². The van der Waals surface area contributed by atoms with E-state index < -0.39 is 17.9 Å². The van der Waals surface area contributed by atoms with Crippen LogP contribution in [-0.2, 0) is 6.42 Å². The lowest BCUT2D eigenvalue weighted by Gasteiger charge is -2.12.